The van der Waals surface area contributed by atoms with Crippen molar-refractivity contribution in [2.24, 2.45) is 7.05 Å². The molecular weight excluding hydrogens is 160 g/mol. The van der Waals surface area contributed by atoms with E-state index in [1.807, 2.05) is 23.9 Å². The van der Waals surface area contributed by atoms with E-state index in [2.05, 4.69) is 11.1 Å². The molecule has 2 aromatic heterocycles. The van der Waals surface area contributed by atoms with E-state index in [1.165, 1.54) is 0 Å². The number of nitrogens with zero attached hydrogens (tertiary/aromatic N) is 2. The Morgan fingerprint density at radius 3 is 3.18 bits per heavy atom. The van der Waals surface area contributed by atoms with Crippen LogP contribution in [0.15, 0.2) is 18.5 Å². The molecule has 0 atom stereocenters. The Morgan fingerprint density at radius 1 is 1.64 bits per heavy atom. The molecule has 0 aliphatic heterocycles. The second-order valence-electron chi connectivity index (χ2n) is 2.39. The molecule has 55 valence electrons. The summed E-state index contributed by atoms with van der Waals surface area (Å²) in [6, 6.07) is 4.72. The topological polar surface area (TPSA) is 17.8 Å². The molecule has 2 rings (SSSR count). The predicted molar refractivity (Wildman–Crippen MR) is 44.6 cm³/mol. The van der Waals surface area contributed by atoms with Gasteiger partial charge in [0, 0.05) is 30.9 Å². The quantitative estimate of drug-likeness (QED) is 0.584. The molecule has 0 saturated heterocycles. The Morgan fingerprint density at radius 2 is 2.45 bits per heavy atom. The normalized spacial score (nSPS) is 10.7. The second kappa shape index (κ2) is 2.24. The summed E-state index contributed by atoms with van der Waals surface area (Å²) in [5, 5.41) is 1.68. The fourth-order valence-corrected chi connectivity index (χ4v) is 1.40. The van der Waals surface area contributed by atoms with Crippen molar-refractivity contribution < 1.29 is 0 Å². The Kier molecular flexibility index (Phi) is 1.36. The van der Waals surface area contributed by atoms with E-state index in [9.17, 15) is 0 Å². The highest BCUT2D eigenvalue weighted by Crippen LogP contribution is 2.21. The van der Waals surface area contributed by atoms with Crippen molar-refractivity contribution in [3.63, 3.8) is 0 Å². The van der Waals surface area contributed by atoms with E-state index in [0.717, 1.165) is 16.1 Å². The van der Waals surface area contributed by atoms with Gasteiger partial charge in [-0.05, 0) is 6.07 Å². The molecule has 0 bridgehead atoms. The van der Waals surface area contributed by atoms with E-state index in [-0.39, 0.29) is 0 Å². The maximum absolute atomic E-state index is 5.90. The first kappa shape index (κ1) is 6.68. The number of fused-ring (bicyclic) bond motifs is 1. The average Bonchev–Trinajstić information content (AvgIpc) is 2.30. The molecule has 0 aliphatic carbocycles. The van der Waals surface area contributed by atoms with Gasteiger partial charge in [0.25, 0.3) is 0 Å². The van der Waals surface area contributed by atoms with Crippen LogP contribution in [0.1, 0.15) is 0 Å². The number of aromatic nitrogens is 2. The van der Waals surface area contributed by atoms with Gasteiger partial charge >= 0.3 is 0 Å². The molecule has 3 heteroatoms. The van der Waals surface area contributed by atoms with Gasteiger partial charge in [-0.25, -0.2) is 4.98 Å². The Balaban J connectivity index is 2.95. The highest BCUT2D eigenvalue weighted by Gasteiger charge is 2.02. The van der Waals surface area contributed by atoms with Crippen molar-refractivity contribution in [2.45, 2.75) is 0 Å². The lowest BCUT2D eigenvalue weighted by atomic mass is 10.3. The Bertz CT molecular complexity index is 356. The summed E-state index contributed by atoms with van der Waals surface area (Å²) in [6.45, 7) is 0. The standard InChI is InChI=1S/C8H6ClN2/c1-11-5-7(9)6-3-2-4-10-8(6)11/h3-5H,1H3. The number of halogens is 1. The zero-order chi connectivity index (χ0) is 7.84. The van der Waals surface area contributed by atoms with Crippen LogP contribution in [0.2, 0.25) is 5.02 Å². The predicted octanol–water partition coefficient (Wildman–Crippen LogP) is 2.03. The van der Waals surface area contributed by atoms with Crippen molar-refractivity contribution in [1.29, 1.82) is 0 Å². The van der Waals surface area contributed by atoms with Gasteiger partial charge in [0.15, 0.2) is 0 Å². The van der Waals surface area contributed by atoms with Gasteiger partial charge < -0.3 is 4.57 Å². The summed E-state index contributed by atoms with van der Waals surface area (Å²) in [7, 11) is 1.92. The minimum atomic E-state index is 0.729. The highest BCUT2D eigenvalue weighted by molar-refractivity contribution is 6.35. The molecule has 2 aromatic rings. The minimum Gasteiger partial charge on any atom is -0.334 e. The van der Waals surface area contributed by atoms with Crippen LogP contribution < -0.4 is 0 Å². The Hall–Kier alpha value is -1.02. The first-order chi connectivity index (χ1) is 5.29. The van der Waals surface area contributed by atoms with Crippen LogP contribution in [-0.4, -0.2) is 9.55 Å². The fourth-order valence-electron chi connectivity index (χ4n) is 1.11. The zero-order valence-electron chi connectivity index (χ0n) is 6.00. The van der Waals surface area contributed by atoms with Crippen LogP contribution in [-0.2, 0) is 7.05 Å². The largest absolute Gasteiger partial charge is 0.334 e. The molecule has 2 heterocycles. The lowest BCUT2D eigenvalue weighted by molar-refractivity contribution is 0.948. The molecule has 0 N–H and O–H groups in total. The maximum atomic E-state index is 5.90. The molecule has 0 amide bonds. The summed E-state index contributed by atoms with van der Waals surface area (Å²) in [5.74, 6) is 0. The average molecular weight is 166 g/mol. The molecule has 0 aliphatic rings. The summed E-state index contributed by atoms with van der Waals surface area (Å²) >= 11 is 5.90. The third kappa shape index (κ3) is 0.906. The maximum Gasteiger partial charge on any atom is 0.141 e. The van der Waals surface area contributed by atoms with Gasteiger partial charge in [0.05, 0.1) is 5.02 Å². The van der Waals surface area contributed by atoms with Gasteiger partial charge in [0.2, 0.25) is 0 Å². The molecule has 0 spiro atoms. The second-order valence-corrected chi connectivity index (χ2v) is 2.80. The van der Waals surface area contributed by atoms with Crippen molar-refractivity contribution in [2.75, 3.05) is 0 Å². The summed E-state index contributed by atoms with van der Waals surface area (Å²) < 4.78 is 1.89. The Labute approximate surface area is 69.4 Å². The van der Waals surface area contributed by atoms with Crippen molar-refractivity contribution in [3.8, 4) is 0 Å². The molecule has 11 heavy (non-hydrogen) atoms. The lowest BCUT2D eigenvalue weighted by Crippen LogP contribution is -1.85. The number of aryl methyl sites for hydroxylation is 1. The molecular formula is C8H6ClN2. The first-order valence-corrected chi connectivity index (χ1v) is 3.63. The fraction of sp³-hybridized carbons (Fsp3) is 0.125. The van der Waals surface area contributed by atoms with Crippen LogP contribution in [0, 0.1) is 6.07 Å². The van der Waals surface area contributed by atoms with E-state index >= 15 is 0 Å². The molecule has 0 unspecified atom stereocenters. The summed E-state index contributed by atoms with van der Waals surface area (Å²) in [4.78, 5) is 4.12. The molecule has 0 aromatic carbocycles. The SMILES string of the molecule is Cn1cc(Cl)c2c[c]cnc21. The highest BCUT2D eigenvalue weighted by atomic mass is 35.5. The first-order valence-electron chi connectivity index (χ1n) is 3.25. The molecule has 1 radical (unpaired) electrons. The molecule has 0 fully saturated rings. The van der Waals surface area contributed by atoms with Crippen LogP contribution in [0.25, 0.3) is 11.0 Å². The third-order valence-corrected chi connectivity index (χ3v) is 1.93. The van der Waals surface area contributed by atoms with Crippen molar-refractivity contribution in [1.82, 2.24) is 9.55 Å². The third-order valence-electron chi connectivity index (χ3n) is 1.63. The van der Waals surface area contributed by atoms with Crippen molar-refractivity contribution >= 4 is 22.6 Å². The number of rotatable bonds is 0. The van der Waals surface area contributed by atoms with Gasteiger partial charge in [-0.15, -0.1) is 0 Å². The van der Waals surface area contributed by atoms with Crippen molar-refractivity contribution in [3.05, 3.63) is 29.5 Å². The van der Waals surface area contributed by atoms with E-state index in [1.54, 1.807) is 6.20 Å². The number of hydrogen-bond donors (Lipinski definition) is 0. The molecule has 2 nitrogen and oxygen atoms in total. The number of pyridine rings is 1. The van der Waals surface area contributed by atoms with Crippen LogP contribution >= 0.6 is 11.6 Å². The lowest BCUT2D eigenvalue weighted by Gasteiger charge is -1.90. The van der Waals surface area contributed by atoms with E-state index in [0.29, 0.717) is 0 Å². The summed E-state index contributed by atoms with van der Waals surface area (Å²) in [5.41, 5.74) is 0.897. The van der Waals surface area contributed by atoms with Gasteiger partial charge in [-0.2, -0.15) is 0 Å². The monoisotopic (exact) mass is 165 g/mol. The zero-order valence-corrected chi connectivity index (χ0v) is 6.76. The summed E-state index contributed by atoms with van der Waals surface area (Å²) in [6.07, 6.45) is 3.48. The smallest absolute Gasteiger partial charge is 0.141 e. The van der Waals surface area contributed by atoms with Crippen LogP contribution in [0.4, 0.5) is 0 Å². The molecule has 0 saturated carbocycles. The van der Waals surface area contributed by atoms with Crippen LogP contribution in [0.3, 0.4) is 0 Å². The van der Waals surface area contributed by atoms with E-state index in [4.69, 9.17) is 11.6 Å². The van der Waals surface area contributed by atoms with Gasteiger partial charge in [-0.1, -0.05) is 11.6 Å². The van der Waals surface area contributed by atoms with Gasteiger partial charge in [-0.3, -0.25) is 0 Å². The van der Waals surface area contributed by atoms with Gasteiger partial charge in [0.1, 0.15) is 5.65 Å². The number of hydrogen-bond acceptors (Lipinski definition) is 1. The minimum absolute atomic E-state index is 0.729. The van der Waals surface area contributed by atoms with Crippen LogP contribution in [0.5, 0.6) is 0 Å². The van der Waals surface area contributed by atoms with E-state index < -0.39 is 0 Å².